The van der Waals surface area contributed by atoms with Gasteiger partial charge in [0.25, 0.3) is 0 Å². The van der Waals surface area contributed by atoms with E-state index in [1.54, 1.807) is 36.4 Å². The number of aliphatic carboxylic acids is 1. The molecule has 1 aliphatic heterocycles. The molecular formula is C34H26Cl12N6O5S2. The number of carbonyl (C=O) groups excluding carboxylic acids is 1. The molecule has 1 saturated carbocycles. The molecule has 2 unspecified atom stereocenters. The van der Waals surface area contributed by atoms with Crippen molar-refractivity contribution in [2.45, 2.75) is 74.5 Å². The standard InChI is InChI=1S/C19H17Cl6N3O2S.C15H9Cl6N3O3S/c20-18(21,22)16-26-15(27-17(28-16)19(23,24)25)11-6-8-13(9-7-11)31-10-14(29)30-12-4-2-1-3-5-12;16-14(17,18)12-22-10(23-13(24-12)15(19,20)21)6-1-3-7(4-2-6)28-9(11(25)26)8-5-27-8/h6-9,12H,1-5,10H2;1-4,8-9H,5H2,(H,25,26). The van der Waals surface area contributed by atoms with Crippen LogP contribution < -0.4 is 0 Å². The number of esters is 1. The monoisotopic (exact) mass is 1080 g/mol. The van der Waals surface area contributed by atoms with Crippen molar-refractivity contribution in [1.82, 2.24) is 29.9 Å². The predicted octanol–water partition coefficient (Wildman–Crippen LogP) is 12.3. The second-order valence-electron chi connectivity index (χ2n) is 12.4. The van der Waals surface area contributed by atoms with E-state index in [0.717, 1.165) is 35.5 Å². The number of ether oxygens (including phenoxy) is 2. The van der Waals surface area contributed by atoms with E-state index in [9.17, 15) is 14.7 Å². The molecule has 2 aromatic heterocycles. The third-order valence-corrected chi connectivity index (χ3v) is 12.2. The van der Waals surface area contributed by atoms with E-state index in [-0.39, 0.29) is 58.9 Å². The molecule has 318 valence electrons. The second kappa shape index (κ2) is 21.0. The maximum Gasteiger partial charge on any atom is 0.319 e. The highest BCUT2D eigenvalue weighted by molar-refractivity contribution is 8.00. The molecule has 1 saturated heterocycles. The van der Waals surface area contributed by atoms with E-state index in [1.165, 1.54) is 29.9 Å². The number of halogens is 12. The molecule has 0 spiro atoms. The Balaban J connectivity index is 0.000000225. The van der Waals surface area contributed by atoms with Crippen molar-refractivity contribution in [2.24, 2.45) is 0 Å². The fraction of sp³-hybridized carbons (Fsp3) is 0.412. The number of carboxylic acids is 1. The molecule has 25 heteroatoms. The molecule has 2 aliphatic rings. The summed E-state index contributed by atoms with van der Waals surface area (Å²) in [5, 5.41) is 8.60. The molecule has 0 radical (unpaired) electrons. The maximum absolute atomic E-state index is 12.1. The number of hydrogen-bond donors (Lipinski definition) is 1. The van der Waals surface area contributed by atoms with Gasteiger partial charge in [-0.2, -0.15) is 0 Å². The van der Waals surface area contributed by atoms with Crippen LogP contribution in [0, 0.1) is 0 Å². The smallest absolute Gasteiger partial charge is 0.319 e. The predicted molar refractivity (Wildman–Crippen MR) is 238 cm³/mol. The number of nitrogens with zero attached hydrogens (tertiary/aromatic N) is 6. The van der Waals surface area contributed by atoms with Gasteiger partial charge in [0.05, 0.1) is 12.4 Å². The molecule has 59 heavy (non-hydrogen) atoms. The topological polar surface area (TPSA) is 153 Å². The molecular weight excluding hydrogens is 1060 g/mol. The first kappa shape index (κ1) is 49.6. The first-order valence-corrected chi connectivity index (χ1v) is 23.2. The lowest BCUT2D eigenvalue weighted by atomic mass is 9.98. The highest BCUT2D eigenvalue weighted by Crippen LogP contribution is 2.43. The third-order valence-electron chi connectivity index (χ3n) is 7.92. The maximum atomic E-state index is 12.1. The summed E-state index contributed by atoms with van der Waals surface area (Å²) in [4.78, 5) is 49.5. The van der Waals surface area contributed by atoms with Gasteiger partial charge in [0, 0.05) is 20.9 Å². The highest BCUT2D eigenvalue weighted by atomic mass is 35.6. The summed E-state index contributed by atoms with van der Waals surface area (Å²) < 4.78 is 2.88. The average Bonchev–Trinajstić information content (AvgIpc) is 4.01. The first-order valence-electron chi connectivity index (χ1n) is 16.8. The SMILES string of the molecule is O=C(CSc1ccc(-c2nc(C(Cl)(Cl)Cl)nc(C(Cl)(Cl)Cl)n2)cc1)OC1CCCCC1.O=C(O)C(Sc1ccc(-c2nc(C(Cl)(Cl)Cl)nc(C(Cl)(Cl)Cl)n2)cc1)C1CO1. The van der Waals surface area contributed by atoms with Crippen molar-refractivity contribution in [3.05, 3.63) is 71.8 Å². The van der Waals surface area contributed by atoms with Gasteiger partial charge in [-0.25, -0.2) is 29.9 Å². The molecule has 6 rings (SSSR count). The molecule has 11 nitrogen and oxygen atoms in total. The Morgan fingerprint density at radius 2 is 1.03 bits per heavy atom. The zero-order valence-corrected chi connectivity index (χ0v) is 40.1. The Morgan fingerprint density at radius 1 is 0.644 bits per heavy atom. The normalized spacial score (nSPS) is 16.8. The van der Waals surface area contributed by atoms with Crippen LogP contribution in [0.1, 0.15) is 55.4 Å². The summed E-state index contributed by atoms with van der Waals surface area (Å²) in [6.07, 6.45) is 5.10. The Bertz CT molecular complexity index is 2030. The zero-order valence-electron chi connectivity index (χ0n) is 29.4. The Kier molecular flexibility index (Phi) is 17.7. The summed E-state index contributed by atoms with van der Waals surface area (Å²) >= 11 is 73.2. The van der Waals surface area contributed by atoms with Gasteiger partial charge in [0.2, 0.25) is 15.2 Å². The molecule has 2 aromatic carbocycles. The number of rotatable bonds is 10. The molecule has 0 bridgehead atoms. The minimum atomic E-state index is -1.95. The number of hydrogen-bond acceptors (Lipinski definition) is 12. The molecule has 2 fully saturated rings. The summed E-state index contributed by atoms with van der Waals surface area (Å²) in [6, 6.07) is 13.9. The quantitative estimate of drug-likeness (QED) is 0.0694. The van der Waals surface area contributed by atoms with Crippen LogP contribution in [0.4, 0.5) is 0 Å². The molecule has 1 aliphatic carbocycles. The van der Waals surface area contributed by atoms with Crippen molar-refractivity contribution < 1.29 is 24.2 Å². The summed E-state index contributed by atoms with van der Waals surface area (Å²) in [5.74, 6) is -1.30. The molecule has 1 N–H and O–H groups in total. The summed E-state index contributed by atoms with van der Waals surface area (Å²) in [7, 11) is 0. The highest BCUT2D eigenvalue weighted by Gasteiger charge is 2.39. The van der Waals surface area contributed by atoms with Gasteiger partial charge in [0.1, 0.15) is 17.5 Å². The number of aromatic nitrogens is 6. The van der Waals surface area contributed by atoms with Gasteiger partial charge in [-0.3, -0.25) is 9.59 Å². The fourth-order valence-electron chi connectivity index (χ4n) is 5.11. The number of epoxide rings is 1. The van der Waals surface area contributed by atoms with Crippen LogP contribution in [-0.4, -0.2) is 76.8 Å². The van der Waals surface area contributed by atoms with Crippen LogP contribution in [0.2, 0.25) is 0 Å². The van der Waals surface area contributed by atoms with Gasteiger partial charge < -0.3 is 14.6 Å². The minimum absolute atomic E-state index is 0.0484. The van der Waals surface area contributed by atoms with Crippen LogP contribution in [0.15, 0.2) is 58.3 Å². The molecule has 0 amide bonds. The molecule has 2 atom stereocenters. The number of thioether (sulfide) groups is 2. The Morgan fingerprint density at radius 3 is 1.39 bits per heavy atom. The van der Waals surface area contributed by atoms with Crippen LogP contribution in [0.5, 0.6) is 0 Å². The number of alkyl halides is 12. The van der Waals surface area contributed by atoms with Crippen molar-refractivity contribution in [3.63, 3.8) is 0 Å². The largest absolute Gasteiger partial charge is 0.480 e. The van der Waals surface area contributed by atoms with Gasteiger partial charge in [-0.15, -0.1) is 23.5 Å². The zero-order chi connectivity index (χ0) is 43.3. The van der Waals surface area contributed by atoms with Crippen molar-refractivity contribution in [3.8, 4) is 22.8 Å². The van der Waals surface area contributed by atoms with Crippen LogP contribution >= 0.6 is 163 Å². The van der Waals surface area contributed by atoms with Gasteiger partial charge in [-0.05, 0) is 49.9 Å². The van der Waals surface area contributed by atoms with Crippen LogP contribution in [-0.2, 0) is 34.2 Å². The van der Waals surface area contributed by atoms with E-state index in [1.807, 2.05) is 12.1 Å². The lowest BCUT2D eigenvalue weighted by molar-refractivity contribution is -0.147. The van der Waals surface area contributed by atoms with Crippen LogP contribution in [0.25, 0.3) is 22.8 Å². The second-order valence-corrected chi connectivity index (χ2v) is 23.8. The van der Waals surface area contributed by atoms with Crippen LogP contribution in [0.3, 0.4) is 0 Å². The Labute approximate surface area is 406 Å². The van der Waals surface area contributed by atoms with Crippen molar-refractivity contribution >= 4 is 175 Å². The van der Waals surface area contributed by atoms with E-state index in [2.05, 4.69) is 29.9 Å². The lowest BCUT2D eigenvalue weighted by Crippen LogP contribution is -2.22. The van der Waals surface area contributed by atoms with Gasteiger partial charge in [-0.1, -0.05) is 170 Å². The molecule has 4 aromatic rings. The van der Waals surface area contributed by atoms with E-state index < -0.39 is 26.4 Å². The summed E-state index contributed by atoms with van der Waals surface area (Å²) in [5.41, 5.74) is 1.13. The number of benzene rings is 2. The number of carbonyl (C=O) groups is 2. The lowest BCUT2D eigenvalue weighted by Gasteiger charge is -2.21. The van der Waals surface area contributed by atoms with Gasteiger partial charge in [0.15, 0.2) is 34.9 Å². The summed E-state index contributed by atoms with van der Waals surface area (Å²) in [6.45, 7) is 0.437. The van der Waals surface area contributed by atoms with Crippen molar-refractivity contribution in [2.75, 3.05) is 12.4 Å². The van der Waals surface area contributed by atoms with Crippen molar-refractivity contribution in [1.29, 1.82) is 0 Å². The van der Waals surface area contributed by atoms with E-state index in [0.29, 0.717) is 17.7 Å². The first-order chi connectivity index (χ1) is 27.5. The fourth-order valence-corrected chi connectivity index (χ4v) is 7.80. The Hall–Kier alpha value is -0.460. The minimum Gasteiger partial charge on any atom is -0.480 e. The van der Waals surface area contributed by atoms with E-state index >= 15 is 0 Å². The van der Waals surface area contributed by atoms with Gasteiger partial charge >= 0.3 is 11.9 Å². The average molecular weight is 1090 g/mol. The van der Waals surface area contributed by atoms with E-state index in [4.69, 9.17) is 149 Å². The third kappa shape index (κ3) is 15.3. The molecule has 3 heterocycles. The number of carboxylic acid groups (broad SMARTS) is 1.